The van der Waals surface area contributed by atoms with Crippen molar-refractivity contribution in [1.29, 1.82) is 0 Å². The van der Waals surface area contributed by atoms with Gasteiger partial charge in [0.1, 0.15) is 17.7 Å². The number of nitrogens with one attached hydrogen (secondary N) is 4. The van der Waals surface area contributed by atoms with Crippen molar-refractivity contribution in [3.05, 3.63) is 81.4 Å². The number of anilines is 2. The van der Waals surface area contributed by atoms with E-state index in [1.165, 1.54) is 0 Å². The van der Waals surface area contributed by atoms with Crippen LogP contribution in [0.2, 0.25) is 0 Å². The maximum Gasteiger partial charge on any atom is 0.326 e. The van der Waals surface area contributed by atoms with Crippen molar-refractivity contribution in [2.75, 3.05) is 10.6 Å². The Bertz CT molecular complexity index is 1820. The first-order valence-electron chi connectivity index (χ1n) is 12.5. The molecular formula is C26H26N10O3. The highest BCUT2D eigenvalue weighted by Gasteiger charge is 2.21. The SMILES string of the molecule is CC(O)Nc1ccc(-c2ccccc2CNc2nc(=NC3CC3)n3ncc(=Cc4[nH]c(=O)[nH]c4O)c3n2)cn1. The third kappa shape index (κ3) is 5.33. The van der Waals surface area contributed by atoms with Gasteiger partial charge in [-0.3, -0.25) is 4.98 Å². The van der Waals surface area contributed by atoms with E-state index in [2.05, 4.69) is 40.7 Å². The van der Waals surface area contributed by atoms with Gasteiger partial charge in [-0.1, -0.05) is 24.3 Å². The van der Waals surface area contributed by atoms with Crippen molar-refractivity contribution in [3.63, 3.8) is 0 Å². The van der Waals surface area contributed by atoms with Gasteiger partial charge >= 0.3 is 5.69 Å². The van der Waals surface area contributed by atoms with E-state index in [9.17, 15) is 15.0 Å². The summed E-state index contributed by atoms with van der Waals surface area (Å²) in [6, 6.07) is 11.9. The number of pyridine rings is 1. The number of aromatic nitrogens is 7. The highest BCUT2D eigenvalue weighted by Crippen LogP contribution is 2.25. The summed E-state index contributed by atoms with van der Waals surface area (Å²) in [5.74, 6) is 0.687. The predicted octanol–water partition coefficient (Wildman–Crippen LogP) is 0.881. The van der Waals surface area contributed by atoms with E-state index in [0.717, 1.165) is 29.5 Å². The lowest BCUT2D eigenvalue weighted by Gasteiger charge is -2.12. The van der Waals surface area contributed by atoms with Gasteiger partial charge in [0, 0.05) is 23.5 Å². The number of hydrogen-bond donors (Lipinski definition) is 6. The molecule has 0 radical (unpaired) electrons. The van der Waals surface area contributed by atoms with Crippen LogP contribution in [0.25, 0.3) is 22.9 Å². The monoisotopic (exact) mass is 526 g/mol. The van der Waals surface area contributed by atoms with Crippen LogP contribution in [0.1, 0.15) is 31.0 Å². The quantitative estimate of drug-likeness (QED) is 0.160. The number of rotatable bonds is 8. The van der Waals surface area contributed by atoms with E-state index in [-0.39, 0.29) is 17.6 Å². The number of aromatic amines is 2. The van der Waals surface area contributed by atoms with Gasteiger partial charge in [-0.25, -0.2) is 14.8 Å². The summed E-state index contributed by atoms with van der Waals surface area (Å²) in [5, 5.41) is 30.7. The van der Waals surface area contributed by atoms with Gasteiger partial charge in [-0.2, -0.15) is 19.6 Å². The molecule has 39 heavy (non-hydrogen) atoms. The van der Waals surface area contributed by atoms with Gasteiger partial charge in [0.2, 0.25) is 11.8 Å². The van der Waals surface area contributed by atoms with E-state index >= 15 is 0 Å². The fraction of sp³-hybridized carbons (Fsp3) is 0.231. The molecule has 0 amide bonds. The average Bonchev–Trinajstić information content (AvgIpc) is 3.55. The van der Waals surface area contributed by atoms with Crippen LogP contribution in [0.4, 0.5) is 11.8 Å². The van der Waals surface area contributed by atoms with Gasteiger partial charge in [-0.15, -0.1) is 0 Å². The normalized spacial score (nSPS) is 15.1. The van der Waals surface area contributed by atoms with E-state index in [1.54, 1.807) is 29.9 Å². The lowest BCUT2D eigenvalue weighted by Crippen LogP contribution is -2.24. The fourth-order valence-corrected chi connectivity index (χ4v) is 4.14. The second kappa shape index (κ2) is 10.0. The molecule has 1 aromatic carbocycles. The molecule has 6 N–H and O–H groups in total. The number of H-pyrrole nitrogens is 2. The predicted molar refractivity (Wildman–Crippen MR) is 144 cm³/mol. The third-order valence-corrected chi connectivity index (χ3v) is 6.14. The Labute approximate surface area is 221 Å². The van der Waals surface area contributed by atoms with Crippen LogP contribution in [0.5, 0.6) is 5.88 Å². The molecule has 5 aromatic rings. The summed E-state index contributed by atoms with van der Waals surface area (Å²) in [6.07, 6.45) is 6.24. The topological polar surface area (TPSA) is 181 Å². The lowest BCUT2D eigenvalue weighted by molar-refractivity contribution is 0.224. The molecular weight excluding hydrogens is 500 g/mol. The molecule has 6 rings (SSSR count). The Morgan fingerprint density at radius 2 is 2.03 bits per heavy atom. The van der Waals surface area contributed by atoms with Crippen molar-refractivity contribution in [3.8, 4) is 17.0 Å². The second-order valence-corrected chi connectivity index (χ2v) is 9.29. The minimum absolute atomic E-state index is 0.206. The number of aliphatic hydroxyl groups is 1. The van der Waals surface area contributed by atoms with E-state index < -0.39 is 11.9 Å². The minimum atomic E-state index is -0.696. The zero-order valence-electron chi connectivity index (χ0n) is 21.0. The molecule has 1 aliphatic rings. The molecule has 1 aliphatic carbocycles. The maximum absolute atomic E-state index is 11.6. The van der Waals surface area contributed by atoms with E-state index in [0.29, 0.717) is 34.8 Å². The highest BCUT2D eigenvalue weighted by molar-refractivity contribution is 5.68. The summed E-state index contributed by atoms with van der Waals surface area (Å²) < 4.78 is 1.56. The Hall–Kier alpha value is -5.04. The molecule has 0 spiro atoms. The van der Waals surface area contributed by atoms with Crippen LogP contribution in [0, 0.1) is 0 Å². The molecule has 1 saturated carbocycles. The van der Waals surface area contributed by atoms with Gasteiger partial charge < -0.3 is 25.8 Å². The number of nitrogens with zero attached hydrogens (tertiary/aromatic N) is 6. The summed E-state index contributed by atoms with van der Waals surface area (Å²) in [5.41, 5.74) is 3.55. The zero-order valence-corrected chi connectivity index (χ0v) is 21.0. The van der Waals surface area contributed by atoms with Crippen molar-refractivity contribution in [2.45, 2.75) is 38.6 Å². The molecule has 0 aliphatic heterocycles. The molecule has 0 bridgehead atoms. The summed E-state index contributed by atoms with van der Waals surface area (Å²) in [6.45, 7) is 2.07. The third-order valence-electron chi connectivity index (χ3n) is 6.14. The second-order valence-electron chi connectivity index (χ2n) is 9.29. The van der Waals surface area contributed by atoms with Crippen LogP contribution in [0.15, 0.2) is 58.6 Å². The molecule has 1 fully saturated rings. The number of benzene rings is 1. The summed E-state index contributed by atoms with van der Waals surface area (Å²) in [7, 11) is 0. The molecule has 4 aromatic heterocycles. The lowest BCUT2D eigenvalue weighted by atomic mass is 10.0. The Balaban J connectivity index is 1.34. The Morgan fingerprint density at radius 1 is 1.18 bits per heavy atom. The summed E-state index contributed by atoms with van der Waals surface area (Å²) >= 11 is 0. The highest BCUT2D eigenvalue weighted by atomic mass is 16.3. The number of aromatic hydroxyl groups is 1. The van der Waals surface area contributed by atoms with E-state index in [4.69, 9.17) is 4.99 Å². The maximum atomic E-state index is 11.6. The van der Waals surface area contributed by atoms with Crippen LogP contribution < -0.4 is 27.2 Å². The van der Waals surface area contributed by atoms with Crippen molar-refractivity contribution in [1.82, 2.24) is 34.5 Å². The first-order valence-corrected chi connectivity index (χ1v) is 12.5. The van der Waals surface area contributed by atoms with Crippen molar-refractivity contribution in [2.24, 2.45) is 4.99 Å². The van der Waals surface area contributed by atoms with Crippen LogP contribution in [-0.2, 0) is 6.54 Å². The van der Waals surface area contributed by atoms with Gasteiger partial charge in [0.05, 0.1) is 12.2 Å². The van der Waals surface area contributed by atoms with Crippen LogP contribution in [-0.4, -0.2) is 57.0 Å². The summed E-state index contributed by atoms with van der Waals surface area (Å²) in [4.78, 5) is 34.8. The number of imidazole rings is 1. The van der Waals surface area contributed by atoms with Crippen LogP contribution >= 0.6 is 0 Å². The van der Waals surface area contributed by atoms with E-state index in [1.807, 2.05) is 36.4 Å². The molecule has 0 saturated heterocycles. The Morgan fingerprint density at radius 3 is 2.74 bits per heavy atom. The molecule has 13 heteroatoms. The average molecular weight is 527 g/mol. The van der Waals surface area contributed by atoms with Gasteiger partial charge in [0.15, 0.2) is 5.65 Å². The molecule has 13 nitrogen and oxygen atoms in total. The fourth-order valence-electron chi connectivity index (χ4n) is 4.14. The minimum Gasteiger partial charge on any atom is -0.493 e. The largest absolute Gasteiger partial charge is 0.493 e. The van der Waals surface area contributed by atoms with Gasteiger partial charge in [0.25, 0.3) is 5.62 Å². The number of fused-ring (bicyclic) bond motifs is 1. The molecule has 1 atom stereocenters. The molecule has 4 heterocycles. The Kier molecular flexibility index (Phi) is 6.25. The van der Waals surface area contributed by atoms with Gasteiger partial charge in [-0.05, 0) is 49.1 Å². The van der Waals surface area contributed by atoms with Crippen molar-refractivity contribution >= 4 is 23.5 Å². The molecule has 198 valence electrons. The first-order chi connectivity index (χ1) is 18.9. The van der Waals surface area contributed by atoms with Crippen molar-refractivity contribution < 1.29 is 10.2 Å². The first kappa shape index (κ1) is 24.3. The molecule has 1 unspecified atom stereocenters. The van der Waals surface area contributed by atoms with Crippen LogP contribution in [0.3, 0.4) is 0 Å². The number of aliphatic hydroxyl groups excluding tert-OH is 1. The smallest absolute Gasteiger partial charge is 0.326 e. The zero-order chi connectivity index (χ0) is 26.9. The number of hydrogen-bond acceptors (Lipinski definition) is 10. The standard InChI is InChI=1S/C26H26N10O3/c1-14(37)30-21-9-6-16(11-27-21)19-5-3-2-4-15(19)12-28-24-33-22-17(10-20-23(38)34-26(39)32-20)13-29-36(22)25(35-24)31-18-7-8-18/h2-6,9-11,13-14,18,37-38H,7-8,12H2,1H3,(H,27,30)(H,28,31,35)(H2,32,34,39).